The predicted octanol–water partition coefficient (Wildman–Crippen LogP) is 5.34. The van der Waals surface area contributed by atoms with Crippen molar-refractivity contribution in [2.45, 2.75) is 12.8 Å². The molecule has 0 saturated carbocycles. The zero-order chi connectivity index (χ0) is 23.8. The van der Waals surface area contributed by atoms with E-state index in [1.807, 2.05) is 0 Å². The summed E-state index contributed by atoms with van der Waals surface area (Å²) in [7, 11) is 0. The molecular formula is C20H11ClF5N5O2. The molecular weight excluding hydrogens is 473 g/mol. The molecule has 0 bridgehead atoms. The van der Waals surface area contributed by atoms with E-state index in [0.29, 0.717) is 15.5 Å². The Bertz CT molecular complexity index is 1340. The molecule has 0 aliphatic carbocycles. The first-order valence-electron chi connectivity index (χ1n) is 9.05. The summed E-state index contributed by atoms with van der Waals surface area (Å²) in [4.78, 5) is 20.1. The van der Waals surface area contributed by atoms with Crippen molar-refractivity contribution in [1.82, 2.24) is 19.7 Å². The molecule has 0 fully saturated rings. The number of alkyl halides is 5. The number of rotatable bonds is 5. The first-order valence-corrected chi connectivity index (χ1v) is 9.43. The Morgan fingerprint density at radius 3 is 2.58 bits per heavy atom. The number of nitrogens with one attached hydrogen (secondary N) is 1. The Labute approximate surface area is 186 Å². The van der Waals surface area contributed by atoms with E-state index in [1.165, 1.54) is 12.4 Å². The highest BCUT2D eigenvalue weighted by Crippen LogP contribution is 2.35. The molecule has 4 rings (SSSR count). The zero-order valence-electron chi connectivity index (χ0n) is 16.1. The third-order valence-electron chi connectivity index (χ3n) is 4.42. The van der Waals surface area contributed by atoms with Crippen molar-refractivity contribution in [3.05, 3.63) is 71.4 Å². The van der Waals surface area contributed by atoms with E-state index < -0.39 is 35.8 Å². The number of carbonyl (C=O) groups is 1. The zero-order valence-corrected chi connectivity index (χ0v) is 16.9. The van der Waals surface area contributed by atoms with Crippen LogP contribution in [0.25, 0.3) is 16.5 Å². The number of aromatic nitrogens is 4. The number of ether oxygens (including phenoxy) is 1. The molecule has 7 nitrogen and oxygen atoms in total. The number of benzene rings is 1. The second-order valence-electron chi connectivity index (χ2n) is 6.54. The van der Waals surface area contributed by atoms with Crippen LogP contribution in [0, 0.1) is 0 Å². The van der Waals surface area contributed by atoms with Crippen LogP contribution >= 0.6 is 11.6 Å². The minimum absolute atomic E-state index is 0.0256. The highest BCUT2D eigenvalue weighted by Gasteiger charge is 2.41. The summed E-state index contributed by atoms with van der Waals surface area (Å²) in [6.45, 7) is -3.18. The smallest absolute Gasteiger partial charge is 0.415 e. The average molecular weight is 484 g/mol. The van der Waals surface area contributed by atoms with Crippen molar-refractivity contribution in [1.29, 1.82) is 0 Å². The van der Waals surface area contributed by atoms with Crippen molar-refractivity contribution in [2.24, 2.45) is 0 Å². The minimum Gasteiger partial charge on any atom is -0.415 e. The van der Waals surface area contributed by atoms with Crippen LogP contribution in [0.1, 0.15) is 16.1 Å². The molecule has 1 N–H and O–H groups in total. The Morgan fingerprint density at radius 1 is 1.12 bits per heavy atom. The predicted molar refractivity (Wildman–Crippen MR) is 108 cm³/mol. The molecule has 4 aromatic rings. The lowest BCUT2D eigenvalue weighted by Gasteiger charge is -2.14. The van der Waals surface area contributed by atoms with Crippen LogP contribution < -0.4 is 10.1 Å². The summed E-state index contributed by atoms with van der Waals surface area (Å²) in [5, 5.41) is 6.63. The summed E-state index contributed by atoms with van der Waals surface area (Å²) >= 11 is 5.77. The van der Waals surface area contributed by atoms with Crippen LogP contribution in [-0.4, -0.2) is 32.3 Å². The normalized spacial score (nSPS) is 11.7. The third kappa shape index (κ3) is 4.55. The molecule has 170 valence electrons. The van der Waals surface area contributed by atoms with Gasteiger partial charge in [0.25, 0.3) is 5.91 Å². The molecule has 3 heterocycles. The van der Waals surface area contributed by atoms with Gasteiger partial charge in [0.2, 0.25) is 5.88 Å². The van der Waals surface area contributed by atoms with Gasteiger partial charge in [0, 0.05) is 17.0 Å². The molecule has 33 heavy (non-hydrogen) atoms. The molecule has 0 spiro atoms. The van der Waals surface area contributed by atoms with Gasteiger partial charge in [0.05, 0.1) is 35.5 Å². The molecule has 13 heteroatoms. The van der Waals surface area contributed by atoms with Gasteiger partial charge in [-0.25, -0.2) is 9.67 Å². The quantitative estimate of drug-likeness (QED) is 0.387. The van der Waals surface area contributed by atoms with E-state index in [4.69, 9.17) is 11.6 Å². The van der Waals surface area contributed by atoms with Crippen molar-refractivity contribution < 1.29 is 31.5 Å². The van der Waals surface area contributed by atoms with Gasteiger partial charge in [-0.2, -0.15) is 27.1 Å². The van der Waals surface area contributed by atoms with Crippen LogP contribution in [0.3, 0.4) is 0 Å². The number of halogens is 6. The topological polar surface area (TPSA) is 81.9 Å². The highest BCUT2D eigenvalue weighted by atomic mass is 35.5. The number of pyridine rings is 2. The Morgan fingerprint density at radius 2 is 1.88 bits per heavy atom. The van der Waals surface area contributed by atoms with E-state index in [9.17, 15) is 26.7 Å². The first kappa shape index (κ1) is 22.4. The van der Waals surface area contributed by atoms with Gasteiger partial charge in [-0.15, -0.1) is 0 Å². The van der Waals surface area contributed by atoms with Crippen LogP contribution in [0.5, 0.6) is 5.88 Å². The van der Waals surface area contributed by atoms with Crippen LogP contribution in [0.15, 0.2) is 55.1 Å². The Hall–Kier alpha value is -3.80. The monoisotopic (exact) mass is 483 g/mol. The summed E-state index contributed by atoms with van der Waals surface area (Å²) in [6, 6.07) is 7.64. The van der Waals surface area contributed by atoms with Gasteiger partial charge in [0.15, 0.2) is 5.69 Å². The third-order valence-corrected chi connectivity index (χ3v) is 4.69. The van der Waals surface area contributed by atoms with Crippen molar-refractivity contribution >= 4 is 34.0 Å². The molecule has 3 aromatic heterocycles. The number of hydrogen-bond donors (Lipinski definition) is 1. The number of anilines is 1. The van der Waals surface area contributed by atoms with E-state index in [1.54, 1.807) is 24.3 Å². The van der Waals surface area contributed by atoms with Gasteiger partial charge in [-0.05, 0) is 6.07 Å². The summed E-state index contributed by atoms with van der Waals surface area (Å²) in [5.74, 6) is -1.76. The molecule has 0 atom stereocenters. The van der Waals surface area contributed by atoms with Gasteiger partial charge >= 0.3 is 12.8 Å². The molecule has 0 aliphatic rings. The summed E-state index contributed by atoms with van der Waals surface area (Å²) in [5.41, 5.74) is -2.22. The van der Waals surface area contributed by atoms with Gasteiger partial charge in [0.1, 0.15) is 5.02 Å². The number of amides is 1. The van der Waals surface area contributed by atoms with E-state index in [0.717, 1.165) is 18.5 Å². The highest BCUT2D eigenvalue weighted by molar-refractivity contribution is 6.32. The van der Waals surface area contributed by atoms with Crippen LogP contribution in [-0.2, 0) is 6.18 Å². The Balaban J connectivity index is 1.73. The van der Waals surface area contributed by atoms with Crippen LogP contribution in [0.2, 0.25) is 5.02 Å². The average Bonchev–Trinajstić information content (AvgIpc) is 3.21. The maximum Gasteiger partial charge on any atom is 0.434 e. The molecule has 0 unspecified atom stereocenters. The first-order chi connectivity index (χ1) is 15.6. The number of carbonyl (C=O) groups excluding carboxylic acids is 1. The fourth-order valence-electron chi connectivity index (χ4n) is 3.10. The second kappa shape index (κ2) is 8.62. The second-order valence-corrected chi connectivity index (χ2v) is 6.95. The number of nitrogens with zero attached hydrogens (tertiary/aromatic N) is 4. The van der Waals surface area contributed by atoms with Gasteiger partial charge in [-0.1, -0.05) is 35.9 Å². The van der Waals surface area contributed by atoms with E-state index in [2.05, 4.69) is 25.1 Å². The number of hydrogen-bond acceptors (Lipinski definition) is 5. The molecule has 0 radical (unpaired) electrons. The van der Waals surface area contributed by atoms with Crippen molar-refractivity contribution in [3.8, 4) is 11.6 Å². The maximum absolute atomic E-state index is 14.0. The lowest BCUT2D eigenvalue weighted by molar-refractivity contribution is -0.143. The number of fused-ring (bicyclic) bond motifs is 1. The van der Waals surface area contributed by atoms with Crippen molar-refractivity contribution in [3.63, 3.8) is 0 Å². The summed E-state index contributed by atoms with van der Waals surface area (Å²) < 4.78 is 71.3. The summed E-state index contributed by atoms with van der Waals surface area (Å²) in [6.07, 6.45) is -0.582. The molecule has 0 saturated heterocycles. The van der Waals surface area contributed by atoms with Gasteiger partial charge in [-0.3, -0.25) is 9.78 Å². The molecule has 1 aromatic carbocycles. The van der Waals surface area contributed by atoms with Crippen LogP contribution in [0.4, 0.5) is 27.6 Å². The van der Waals surface area contributed by atoms with Gasteiger partial charge < -0.3 is 10.1 Å². The fourth-order valence-corrected chi connectivity index (χ4v) is 3.31. The van der Waals surface area contributed by atoms with E-state index in [-0.39, 0.29) is 16.4 Å². The molecule has 0 aliphatic heterocycles. The van der Waals surface area contributed by atoms with E-state index >= 15 is 0 Å². The maximum atomic E-state index is 14.0. The minimum atomic E-state index is -4.95. The fraction of sp³-hybridized carbons (Fsp3) is 0.100. The largest absolute Gasteiger partial charge is 0.434 e. The Kier molecular flexibility index (Phi) is 5.85. The molecule has 1 amide bonds. The standard InChI is InChI=1S/C20H11ClF5N5O2/c21-14-5-11(7-28-18(14)33-19(22)23)30-17(32)13-8-29-31(16(13)20(24,25)26)15-9-27-6-10-3-1-2-4-12(10)15/h1-9,19H,(H,30,32). The SMILES string of the molecule is O=C(Nc1cnc(OC(F)F)c(Cl)c1)c1cnn(-c2cncc3ccccc23)c1C(F)(F)F. The van der Waals surface area contributed by atoms with Crippen molar-refractivity contribution in [2.75, 3.05) is 5.32 Å². The lowest BCUT2D eigenvalue weighted by Crippen LogP contribution is -2.21. The lowest BCUT2D eigenvalue weighted by atomic mass is 10.1.